The van der Waals surface area contributed by atoms with Gasteiger partial charge in [0.25, 0.3) is 0 Å². The number of anilines is 3. The first-order valence-corrected chi connectivity index (χ1v) is 6.63. The van der Waals surface area contributed by atoms with Gasteiger partial charge in [0, 0.05) is 34.5 Å². The number of nitrogens with zero attached hydrogens (tertiary/aromatic N) is 1. The lowest BCUT2D eigenvalue weighted by molar-refractivity contribution is 1.28. The third-order valence-electron chi connectivity index (χ3n) is 2.54. The summed E-state index contributed by atoms with van der Waals surface area (Å²) in [5, 5.41) is 7.04. The molecule has 0 fully saturated rings. The number of rotatable bonds is 3. The molecule has 2 N–H and O–H groups in total. The maximum Gasteiger partial charge on any atom is 0.127 e. The maximum atomic E-state index is 6.13. The highest BCUT2D eigenvalue weighted by atomic mass is 79.9. The molecule has 0 radical (unpaired) electrons. The van der Waals surface area contributed by atoms with Gasteiger partial charge in [-0.05, 0) is 46.6 Å². The number of nitrogens with one attached hydrogen (secondary N) is 2. The Kier molecular flexibility index (Phi) is 4.09. The first kappa shape index (κ1) is 13.2. The van der Waals surface area contributed by atoms with Crippen molar-refractivity contribution in [3.8, 4) is 0 Å². The Bertz CT molecular complexity index is 572. The molecule has 0 amide bonds. The van der Waals surface area contributed by atoms with Crippen LogP contribution in [0.4, 0.5) is 17.2 Å². The van der Waals surface area contributed by atoms with E-state index in [1.165, 1.54) is 0 Å². The minimum atomic E-state index is 0.739. The molecule has 1 heterocycles. The van der Waals surface area contributed by atoms with E-state index < -0.39 is 0 Å². The quantitative estimate of drug-likeness (QED) is 0.866. The van der Waals surface area contributed by atoms with Crippen LogP contribution in [0.3, 0.4) is 0 Å². The molecule has 0 atom stereocenters. The van der Waals surface area contributed by atoms with E-state index in [-0.39, 0.29) is 0 Å². The molecule has 0 saturated carbocycles. The lowest BCUT2D eigenvalue weighted by Gasteiger charge is -2.11. The Morgan fingerprint density at radius 2 is 2.06 bits per heavy atom. The molecular weight excluding hydrogens is 314 g/mol. The number of aryl methyl sites for hydroxylation is 1. The zero-order chi connectivity index (χ0) is 13.1. The summed E-state index contributed by atoms with van der Waals surface area (Å²) < 4.78 is 0.979. The van der Waals surface area contributed by atoms with Gasteiger partial charge in [-0.3, -0.25) is 0 Å². The van der Waals surface area contributed by atoms with E-state index in [1.807, 2.05) is 38.2 Å². The fourth-order valence-corrected chi connectivity index (χ4v) is 2.26. The molecule has 1 aromatic heterocycles. The van der Waals surface area contributed by atoms with Crippen molar-refractivity contribution in [2.75, 3.05) is 17.7 Å². The Balaban J connectivity index is 2.30. The highest BCUT2D eigenvalue weighted by Gasteiger charge is 2.05. The van der Waals surface area contributed by atoms with Gasteiger partial charge in [-0.2, -0.15) is 0 Å². The largest absolute Gasteiger partial charge is 0.373 e. The third kappa shape index (κ3) is 2.94. The van der Waals surface area contributed by atoms with Crippen LogP contribution in [-0.2, 0) is 0 Å². The highest BCUT2D eigenvalue weighted by Crippen LogP contribution is 2.31. The van der Waals surface area contributed by atoms with Crippen LogP contribution in [0.5, 0.6) is 0 Å². The van der Waals surface area contributed by atoms with Gasteiger partial charge in [0.2, 0.25) is 0 Å². The molecule has 0 saturated heterocycles. The third-order valence-corrected chi connectivity index (χ3v) is 3.61. The highest BCUT2D eigenvalue weighted by molar-refractivity contribution is 9.10. The van der Waals surface area contributed by atoms with Crippen LogP contribution in [0.1, 0.15) is 5.56 Å². The van der Waals surface area contributed by atoms with Crippen LogP contribution in [0, 0.1) is 6.92 Å². The zero-order valence-electron chi connectivity index (χ0n) is 10.1. The first-order valence-electron chi connectivity index (χ1n) is 5.46. The van der Waals surface area contributed by atoms with Crippen molar-refractivity contribution in [3.63, 3.8) is 0 Å². The molecule has 0 spiro atoms. The summed E-state index contributed by atoms with van der Waals surface area (Å²) in [5.41, 5.74) is 2.92. The Labute approximate surface area is 120 Å². The van der Waals surface area contributed by atoms with Crippen molar-refractivity contribution in [2.24, 2.45) is 0 Å². The fraction of sp³-hybridized carbons (Fsp3) is 0.154. The van der Waals surface area contributed by atoms with E-state index in [1.54, 1.807) is 6.20 Å². The summed E-state index contributed by atoms with van der Waals surface area (Å²) in [6, 6.07) is 7.73. The number of aromatic nitrogens is 1. The summed E-state index contributed by atoms with van der Waals surface area (Å²) in [4.78, 5) is 4.16. The average molecular weight is 327 g/mol. The molecule has 18 heavy (non-hydrogen) atoms. The molecule has 5 heteroatoms. The van der Waals surface area contributed by atoms with Gasteiger partial charge < -0.3 is 10.6 Å². The predicted molar refractivity (Wildman–Crippen MR) is 81.0 cm³/mol. The summed E-state index contributed by atoms with van der Waals surface area (Å²) in [7, 11) is 1.84. The zero-order valence-corrected chi connectivity index (χ0v) is 12.4. The predicted octanol–water partition coefficient (Wildman–Crippen LogP) is 4.59. The summed E-state index contributed by atoms with van der Waals surface area (Å²) in [6.07, 6.45) is 1.75. The maximum absolute atomic E-state index is 6.13. The Morgan fingerprint density at radius 1 is 1.28 bits per heavy atom. The van der Waals surface area contributed by atoms with Crippen LogP contribution < -0.4 is 10.6 Å². The van der Waals surface area contributed by atoms with E-state index in [0.29, 0.717) is 0 Å². The van der Waals surface area contributed by atoms with Crippen molar-refractivity contribution in [2.45, 2.75) is 6.92 Å². The number of hydrogen-bond donors (Lipinski definition) is 2. The molecule has 0 unspecified atom stereocenters. The molecule has 0 bridgehead atoms. The summed E-state index contributed by atoms with van der Waals surface area (Å²) >= 11 is 9.65. The molecule has 0 aliphatic rings. The second-order valence-electron chi connectivity index (χ2n) is 3.89. The van der Waals surface area contributed by atoms with Gasteiger partial charge in [-0.25, -0.2) is 4.98 Å². The van der Waals surface area contributed by atoms with E-state index in [9.17, 15) is 0 Å². The molecular formula is C13H13BrClN3. The van der Waals surface area contributed by atoms with Crippen molar-refractivity contribution >= 4 is 44.7 Å². The van der Waals surface area contributed by atoms with Crippen LogP contribution in [-0.4, -0.2) is 12.0 Å². The van der Waals surface area contributed by atoms with Crippen molar-refractivity contribution in [1.82, 2.24) is 4.98 Å². The van der Waals surface area contributed by atoms with Gasteiger partial charge in [-0.1, -0.05) is 11.6 Å². The number of halogens is 2. The molecule has 2 rings (SSSR count). The monoisotopic (exact) mass is 325 g/mol. The van der Waals surface area contributed by atoms with E-state index in [2.05, 4.69) is 31.5 Å². The second-order valence-corrected chi connectivity index (χ2v) is 5.15. The molecule has 0 aliphatic heterocycles. The molecule has 2 aromatic rings. The first-order chi connectivity index (χ1) is 8.60. The second kappa shape index (κ2) is 5.59. The minimum absolute atomic E-state index is 0.739. The lowest BCUT2D eigenvalue weighted by atomic mass is 10.2. The molecule has 3 nitrogen and oxygen atoms in total. The van der Waals surface area contributed by atoms with E-state index in [4.69, 9.17) is 11.6 Å². The number of hydrogen-bond acceptors (Lipinski definition) is 3. The van der Waals surface area contributed by atoms with E-state index in [0.717, 1.165) is 32.3 Å². The lowest BCUT2D eigenvalue weighted by Crippen LogP contribution is -1.96. The standard InChI is InChI=1S/C13H13BrClN3/c1-8-5-10(14)12(7-11(8)15)18-9-3-4-17-13(6-9)16-2/h3-7H,1-2H3,(H2,16,17,18). The van der Waals surface area contributed by atoms with Crippen molar-refractivity contribution in [1.29, 1.82) is 0 Å². The SMILES string of the molecule is CNc1cc(Nc2cc(Cl)c(C)cc2Br)ccn1. The molecule has 1 aromatic carbocycles. The van der Waals surface area contributed by atoms with Gasteiger partial charge >= 0.3 is 0 Å². The topological polar surface area (TPSA) is 37.0 Å². The van der Waals surface area contributed by atoms with Gasteiger partial charge in [0.1, 0.15) is 5.82 Å². The van der Waals surface area contributed by atoms with Crippen LogP contribution >= 0.6 is 27.5 Å². The normalized spacial score (nSPS) is 10.2. The van der Waals surface area contributed by atoms with Crippen molar-refractivity contribution in [3.05, 3.63) is 45.5 Å². The van der Waals surface area contributed by atoms with Crippen LogP contribution in [0.25, 0.3) is 0 Å². The van der Waals surface area contributed by atoms with Crippen LogP contribution in [0.15, 0.2) is 34.9 Å². The number of benzene rings is 1. The van der Waals surface area contributed by atoms with Gasteiger partial charge in [0.05, 0.1) is 5.69 Å². The van der Waals surface area contributed by atoms with Crippen LogP contribution in [0.2, 0.25) is 5.02 Å². The number of pyridine rings is 1. The Hall–Kier alpha value is -1.26. The van der Waals surface area contributed by atoms with Crippen molar-refractivity contribution < 1.29 is 0 Å². The average Bonchev–Trinajstić information content (AvgIpc) is 2.36. The van der Waals surface area contributed by atoms with E-state index >= 15 is 0 Å². The summed E-state index contributed by atoms with van der Waals surface area (Å²) in [6.45, 7) is 1.97. The fourth-order valence-electron chi connectivity index (χ4n) is 1.54. The van der Waals surface area contributed by atoms with Gasteiger partial charge in [-0.15, -0.1) is 0 Å². The Morgan fingerprint density at radius 3 is 2.78 bits per heavy atom. The summed E-state index contributed by atoms with van der Waals surface area (Å²) in [5.74, 6) is 0.814. The van der Waals surface area contributed by atoms with Gasteiger partial charge in [0.15, 0.2) is 0 Å². The molecule has 94 valence electrons. The minimum Gasteiger partial charge on any atom is -0.373 e. The smallest absolute Gasteiger partial charge is 0.127 e. The molecule has 0 aliphatic carbocycles.